The van der Waals surface area contributed by atoms with E-state index in [0.29, 0.717) is 18.0 Å². The zero-order valence-electron chi connectivity index (χ0n) is 15.5. The average molecular weight is 453 g/mol. The van der Waals surface area contributed by atoms with E-state index >= 15 is 0 Å². The number of pyridine rings is 1. The van der Waals surface area contributed by atoms with Crippen molar-refractivity contribution < 1.29 is 36.5 Å². The van der Waals surface area contributed by atoms with Crippen molar-refractivity contribution in [3.05, 3.63) is 47.1 Å². The first-order valence-corrected chi connectivity index (χ1v) is 10.5. The van der Waals surface area contributed by atoms with Crippen molar-refractivity contribution in [1.82, 2.24) is 10.1 Å². The summed E-state index contributed by atoms with van der Waals surface area (Å²) in [6.07, 6.45) is -4.91. The van der Waals surface area contributed by atoms with Crippen LogP contribution in [0.25, 0.3) is 0 Å². The minimum Gasteiger partial charge on any atom is -0.481 e. The largest absolute Gasteiger partial charge is 0.481 e. The fourth-order valence-electron chi connectivity index (χ4n) is 1.95. The third kappa shape index (κ3) is 6.62. The number of alkyl halides is 3. The van der Waals surface area contributed by atoms with Crippen LogP contribution in [0.4, 0.5) is 13.2 Å². The highest BCUT2D eigenvalue weighted by Crippen LogP contribution is 2.36. The Bertz CT molecular complexity index is 924. The first-order valence-electron chi connectivity index (χ1n) is 8.04. The van der Waals surface area contributed by atoms with Gasteiger partial charge in [0.25, 0.3) is 13.4 Å². The Morgan fingerprint density at radius 2 is 1.83 bits per heavy atom. The van der Waals surface area contributed by atoms with Crippen LogP contribution < -0.4 is 14.6 Å². The molecule has 0 saturated heterocycles. The van der Waals surface area contributed by atoms with E-state index in [1.807, 2.05) is 0 Å². The van der Waals surface area contributed by atoms with Crippen LogP contribution in [0.3, 0.4) is 0 Å². The van der Waals surface area contributed by atoms with E-state index in [4.69, 9.17) is 21.1 Å². The van der Waals surface area contributed by atoms with Crippen LogP contribution in [0, 0.1) is 0 Å². The summed E-state index contributed by atoms with van der Waals surface area (Å²) in [6.45, 7) is 2.71. The lowest BCUT2D eigenvalue weighted by Gasteiger charge is -2.18. The molecule has 0 fully saturated rings. The van der Waals surface area contributed by atoms with Gasteiger partial charge in [0.2, 0.25) is 5.88 Å². The van der Waals surface area contributed by atoms with Crippen molar-refractivity contribution in [2.45, 2.75) is 19.2 Å². The van der Waals surface area contributed by atoms with Crippen LogP contribution in [0.5, 0.6) is 17.4 Å². The predicted molar refractivity (Wildman–Crippen MR) is 99.5 cm³/mol. The molecular formula is C17H17ClF3N2O5P. The van der Waals surface area contributed by atoms with Gasteiger partial charge in [-0.05, 0) is 37.3 Å². The molecule has 1 aromatic carbocycles. The van der Waals surface area contributed by atoms with Crippen molar-refractivity contribution >= 4 is 25.0 Å². The fourth-order valence-corrected chi connectivity index (χ4v) is 2.83. The molecule has 29 heavy (non-hydrogen) atoms. The van der Waals surface area contributed by atoms with Gasteiger partial charge in [-0.1, -0.05) is 11.6 Å². The highest BCUT2D eigenvalue weighted by Gasteiger charge is 2.31. The molecule has 7 nitrogen and oxygen atoms in total. The molecule has 2 atom stereocenters. The van der Waals surface area contributed by atoms with E-state index in [1.54, 1.807) is 0 Å². The Kier molecular flexibility index (Phi) is 7.15. The Morgan fingerprint density at radius 3 is 2.34 bits per heavy atom. The number of nitrogens with zero attached hydrogens (tertiary/aromatic N) is 1. The molecule has 1 amide bonds. The summed E-state index contributed by atoms with van der Waals surface area (Å²) < 4.78 is 65.2. The van der Waals surface area contributed by atoms with Gasteiger partial charge in [0, 0.05) is 20.0 Å². The van der Waals surface area contributed by atoms with E-state index in [-0.39, 0.29) is 16.7 Å². The summed E-state index contributed by atoms with van der Waals surface area (Å²) in [6, 6.07) is 6.57. The molecule has 2 rings (SSSR count). The molecule has 0 aliphatic carbocycles. The van der Waals surface area contributed by atoms with Crippen molar-refractivity contribution in [1.29, 1.82) is 0 Å². The molecule has 2 unspecified atom stereocenters. The second kappa shape index (κ2) is 9.02. The minimum absolute atomic E-state index is 0.195. The number of benzene rings is 1. The van der Waals surface area contributed by atoms with Crippen LogP contribution in [0.1, 0.15) is 12.5 Å². The number of carbonyl (C=O) groups excluding carboxylic acids is 1. The summed E-state index contributed by atoms with van der Waals surface area (Å²) in [7, 11) is -2.03. The zero-order valence-corrected chi connectivity index (χ0v) is 17.1. The number of carbonyl (C=O) groups is 1. The zero-order chi connectivity index (χ0) is 21.8. The molecule has 0 bridgehead atoms. The third-order valence-electron chi connectivity index (χ3n) is 3.52. The quantitative estimate of drug-likeness (QED) is 0.601. The number of halogens is 4. The number of rotatable bonds is 7. The SMILES string of the molecule is COP(C)(=O)NC(=O)C(C)Oc1ccc(Oc2ncc(C(F)(F)F)cc2Cl)cc1. The molecule has 0 radical (unpaired) electrons. The van der Waals surface area contributed by atoms with Crippen molar-refractivity contribution in [2.24, 2.45) is 0 Å². The van der Waals surface area contributed by atoms with Gasteiger partial charge in [-0.3, -0.25) is 14.4 Å². The smallest absolute Gasteiger partial charge is 0.417 e. The number of nitrogens with one attached hydrogen (secondary N) is 1. The molecule has 0 spiro atoms. The average Bonchev–Trinajstić information content (AvgIpc) is 2.63. The van der Waals surface area contributed by atoms with Crippen molar-refractivity contribution in [3.8, 4) is 17.4 Å². The van der Waals surface area contributed by atoms with Crippen LogP contribution in [0.15, 0.2) is 36.5 Å². The number of hydrogen-bond acceptors (Lipinski definition) is 6. The minimum atomic E-state index is -4.56. The summed E-state index contributed by atoms with van der Waals surface area (Å²) in [4.78, 5) is 15.5. The highest BCUT2D eigenvalue weighted by atomic mass is 35.5. The Morgan fingerprint density at radius 1 is 1.24 bits per heavy atom. The first kappa shape index (κ1) is 23.0. The lowest BCUT2D eigenvalue weighted by Crippen LogP contribution is -2.34. The molecule has 2 aromatic rings. The second-order valence-electron chi connectivity index (χ2n) is 5.85. The number of amides is 1. The molecule has 0 aliphatic rings. The monoisotopic (exact) mass is 452 g/mol. The van der Waals surface area contributed by atoms with Crippen LogP contribution in [0.2, 0.25) is 5.02 Å². The Balaban J connectivity index is 2.02. The maximum atomic E-state index is 12.6. The molecule has 12 heteroatoms. The summed E-state index contributed by atoms with van der Waals surface area (Å²) in [5.41, 5.74) is -0.990. The van der Waals surface area contributed by atoms with Gasteiger partial charge >= 0.3 is 6.18 Å². The molecule has 0 aliphatic heterocycles. The fraction of sp³-hybridized carbons (Fsp3) is 0.294. The summed E-state index contributed by atoms with van der Waals surface area (Å²) in [5, 5.41) is 1.93. The maximum absolute atomic E-state index is 12.6. The standard InChI is InChI=1S/C17H17ClF3N2O5P/c1-10(15(24)23-29(3,25)26-2)27-12-4-6-13(7-5-12)28-16-14(18)8-11(9-22-16)17(19,20)21/h4-10H,1-3H3,(H,23,24,25). The number of hydrogen-bond donors (Lipinski definition) is 1. The van der Waals surface area contributed by atoms with E-state index in [9.17, 15) is 22.5 Å². The third-order valence-corrected chi connectivity index (χ3v) is 5.11. The van der Waals surface area contributed by atoms with Crippen LogP contribution >= 0.6 is 19.1 Å². The van der Waals surface area contributed by atoms with E-state index in [0.717, 1.165) is 0 Å². The van der Waals surface area contributed by atoms with E-state index in [1.165, 1.54) is 45.0 Å². The summed E-state index contributed by atoms with van der Waals surface area (Å²) >= 11 is 5.80. The molecule has 1 aromatic heterocycles. The Hall–Kier alpha value is -2.29. The molecular weight excluding hydrogens is 436 g/mol. The van der Waals surface area contributed by atoms with Crippen molar-refractivity contribution in [3.63, 3.8) is 0 Å². The van der Waals surface area contributed by atoms with Gasteiger partial charge in [0.15, 0.2) is 6.10 Å². The number of aromatic nitrogens is 1. The van der Waals surface area contributed by atoms with Crippen LogP contribution in [-0.2, 0) is 20.1 Å². The van der Waals surface area contributed by atoms with Gasteiger partial charge < -0.3 is 14.0 Å². The van der Waals surface area contributed by atoms with Gasteiger partial charge in [-0.2, -0.15) is 13.2 Å². The van der Waals surface area contributed by atoms with E-state index in [2.05, 4.69) is 14.6 Å². The highest BCUT2D eigenvalue weighted by molar-refractivity contribution is 7.56. The topological polar surface area (TPSA) is 86.8 Å². The second-order valence-corrected chi connectivity index (χ2v) is 8.53. The molecule has 1 N–H and O–H groups in total. The Labute approximate surface area is 169 Å². The maximum Gasteiger partial charge on any atom is 0.417 e. The number of ether oxygens (including phenoxy) is 2. The van der Waals surface area contributed by atoms with Crippen LogP contribution in [-0.4, -0.2) is 30.8 Å². The lowest BCUT2D eigenvalue weighted by atomic mass is 10.3. The predicted octanol–water partition coefficient (Wildman–Crippen LogP) is 4.90. The van der Waals surface area contributed by atoms with Gasteiger partial charge in [0.05, 0.1) is 5.56 Å². The molecule has 158 valence electrons. The van der Waals surface area contributed by atoms with Crippen molar-refractivity contribution in [2.75, 3.05) is 13.8 Å². The van der Waals surface area contributed by atoms with Gasteiger partial charge in [-0.25, -0.2) is 4.98 Å². The first-order chi connectivity index (χ1) is 13.4. The lowest BCUT2D eigenvalue weighted by molar-refractivity contribution is -0.137. The van der Waals surface area contributed by atoms with Gasteiger partial charge in [-0.15, -0.1) is 0 Å². The van der Waals surface area contributed by atoms with Gasteiger partial charge in [0.1, 0.15) is 16.5 Å². The normalized spacial score (nSPS) is 14.6. The molecule has 0 saturated carbocycles. The van der Waals surface area contributed by atoms with E-state index < -0.39 is 31.3 Å². The molecule has 1 heterocycles. The summed E-state index contributed by atoms with van der Waals surface area (Å²) in [5.74, 6) is -0.283.